The summed E-state index contributed by atoms with van der Waals surface area (Å²) in [5, 5.41) is 8.93. The van der Waals surface area contributed by atoms with E-state index in [0.29, 0.717) is 12.4 Å². The predicted molar refractivity (Wildman–Crippen MR) is 54.0 cm³/mol. The van der Waals surface area contributed by atoms with Crippen LogP contribution in [0, 0.1) is 13.8 Å². The van der Waals surface area contributed by atoms with Crippen LogP contribution < -0.4 is 4.74 Å². The molecule has 3 nitrogen and oxygen atoms in total. The fraction of sp³-hybridized carbons (Fsp3) is 0.364. The molecule has 0 bridgehead atoms. The van der Waals surface area contributed by atoms with Gasteiger partial charge < -0.3 is 9.84 Å². The van der Waals surface area contributed by atoms with Crippen LogP contribution in [-0.4, -0.2) is 17.7 Å². The molecule has 0 unspecified atom stereocenters. The van der Waals surface area contributed by atoms with Crippen LogP contribution in [0.25, 0.3) is 0 Å². The maximum atomic E-state index is 10.9. The molecule has 14 heavy (non-hydrogen) atoms. The van der Waals surface area contributed by atoms with Crippen LogP contribution in [0.2, 0.25) is 0 Å². The van der Waals surface area contributed by atoms with Crippen molar-refractivity contribution in [1.82, 2.24) is 0 Å². The summed E-state index contributed by atoms with van der Waals surface area (Å²) >= 11 is 0. The molecule has 1 N–H and O–H groups in total. The summed E-state index contributed by atoms with van der Waals surface area (Å²) in [6.45, 7) is 6.13. The van der Waals surface area contributed by atoms with Gasteiger partial charge in [0.05, 0.1) is 6.61 Å². The number of hydrogen-bond donors (Lipinski definition) is 1. The highest BCUT2D eigenvalue weighted by molar-refractivity contribution is 5.91. The monoisotopic (exact) mass is 194 g/mol. The van der Waals surface area contributed by atoms with Crippen LogP contribution in [0.5, 0.6) is 5.75 Å². The predicted octanol–water partition coefficient (Wildman–Crippen LogP) is 2.40. The molecule has 0 amide bonds. The van der Waals surface area contributed by atoms with Crippen LogP contribution >= 0.6 is 0 Å². The van der Waals surface area contributed by atoms with Gasteiger partial charge in [-0.15, -0.1) is 0 Å². The Labute approximate surface area is 83.3 Å². The molecule has 1 aromatic carbocycles. The van der Waals surface area contributed by atoms with Crippen molar-refractivity contribution < 1.29 is 14.6 Å². The number of carboxylic acids is 1. The number of aryl methyl sites for hydroxylation is 2. The van der Waals surface area contributed by atoms with Crippen LogP contribution in [0.1, 0.15) is 28.4 Å². The molecule has 0 aliphatic heterocycles. The van der Waals surface area contributed by atoms with Crippen molar-refractivity contribution in [3.63, 3.8) is 0 Å². The van der Waals surface area contributed by atoms with Crippen LogP contribution in [0.4, 0.5) is 0 Å². The highest BCUT2D eigenvalue weighted by atomic mass is 16.5. The van der Waals surface area contributed by atoms with Crippen molar-refractivity contribution in [3.05, 3.63) is 28.8 Å². The fourth-order valence-electron chi connectivity index (χ4n) is 1.23. The zero-order valence-electron chi connectivity index (χ0n) is 8.63. The summed E-state index contributed by atoms with van der Waals surface area (Å²) in [6, 6.07) is 3.41. The second kappa shape index (κ2) is 4.13. The average Bonchev–Trinajstić information content (AvgIpc) is 2.11. The molecule has 0 saturated carbocycles. The molecule has 0 saturated heterocycles. The lowest BCUT2D eigenvalue weighted by atomic mass is 10.1. The summed E-state index contributed by atoms with van der Waals surface area (Å²) in [5.74, 6) is -0.500. The number of aromatic carboxylic acids is 1. The summed E-state index contributed by atoms with van der Waals surface area (Å²) < 4.78 is 5.25. The third-order valence-electron chi connectivity index (χ3n) is 2.13. The van der Waals surface area contributed by atoms with Crippen molar-refractivity contribution in [2.45, 2.75) is 20.8 Å². The van der Waals surface area contributed by atoms with E-state index < -0.39 is 5.97 Å². The quantitative estimate of drug-likeness (QED) is 0.803. The molecule has 0 atom stereocenters. The van der Waals surface area contributed by atoms with E-state index >= 15 is 0 Å². The second-order valence-corrected chi connectivity index (χ2v) is 3.17. The molecule has 76 valence electrons. The average molecular weight is 194 g/mol. The lowest BCUT2D eigenvalue weighted by Crippen LogP contribution is -2.04. The first-order valence-electron chi connectivity index (χ1n) is 4.53. The van der Waals surface area contributed by atoms with Gasteiger partial charge in [-0.1, -0.05) is 0 Å². The maximum absolute atomic E-state index is 10.9. The number of hydrogen-bond acceptors (Lipinski definition) is 2. The van der Waals surface area contributed by atoms with Gasteiger partial charge in [0.15, 0.2) is 0 Å². The van der Waals surface area contributed by atoms with Crippen molar-refractivity contribution >= 4 is 5.97 Å². The molecule has 0 spiro atoms. The lowest BCUT2D eigenvalue weighted by Gasteiger charge is -2.09. The Kier molecular flexibility index (Phi) is 3.12. The Hall–Kier alpha value is -1.51. The molecule has 1 aromatic rings. The topological polar surface area (TPSA) is 46.5 Å². The van der Waals surface area contributed by atoms with Crippen LogP contribution in [-0.2, 0) is 0 Å². The van der Waals surface area contributed by atoms with Crippen molar-refractivity contribution in [3.8, 4) is 5.75 Å². The molecular weight excluding hydrogens is 180 g/mol. The van der Waals surface area contributed by atoms with Gasteiger partial charge in [-0.25, -0.2) is 4.79 Å². The Bertz CT molecular complexity index is 356. The number of benzene rings is 1. The smallest absolute Gasteiger partial charge is 0.339 e. The van der Waals surface area contributed by atoms with E-state index in [1.807, 2.05) is 20.8 Å². The van der Waals surface area contributed by atoms with E-state index in [1.165, 1.54) is 0 Å². The van der Waals surface area contributed by atoms with Crippen LogP contribution in [0.3, 0.4) is 0 Å². The first-order valence-corrected chi connectivity index (χ1v) is 4.53. The number of ether oxygens (including phenoxy) is 1. The maximum Gasteiger partial charge on any atom is 0.339 e. The lowest BCUT2D eigenvalue weighted by molar-refractivity contribution is 0.0692. The minimum absolute atomic E-state index is 0.231. The first kappa shape index (κ1) is 10.6. The molecule has 0 aromatic heterocycles. The van der Waals surface area contributed by atoms with E-state index in [-0.39, 0.29) is 5.56 Å². The Morgan fingerprint density at radius 1 is 1.36 bits per heavy atom. The molecule has 0 aliphatic rings. The van der Waals surface area contributed by atoms with Crippen molar-refractivity contribution in [1.29, 1.82) is 0 Å². The standard InChI is InChI=1S/C11H14O3/c1-4-14-10-6-8(3)7(2)5-9(10)11(12)13/h5-6H,4H2,1-3H3,(H,12,13). The Balaban J connectivity index is 3.24. The molecule has 3 heteroatoms. The van der Waals surface area contributed by atoms with Crippen molar-refractivity contribution in [2.24, 2.45) is 0 Å². The zero-order valence-corrected chi connectivity index (χ0v) is 8.63. The van der Waals surface area contributed by atoms with Gasteiger partial charge in [0, 0.05) is 0 Å². The molecule has 0 radical (unpaired) electrons. The molecule has 0 fully saturated rings. The van der Waals surface area contributed by atoms with E-state index in [0.717, 1.165) is 11.1 Å². The van der Waals surface area contributed by atoms with Gasteiger partial charge in [0.1, 0.15) is 11.3 Å². The summed E-state index contributed by atoms with van der Waals surface area (Å²) in [4.78, 5) is 10.9. The largest absolute Gasteiger partial charge is 0.493 e. The second-order valence-electron chi connectivity index (χ2n) is 3.17. The van der Waals surface area contributed by atoms with Crippen LogP contribution in [0.15, 0.2) is 12.1 Å². The zero-order chi connectivity index (χ0) is 10.7. The molecular formula is C11H14O3. The van der Waals surface area contributed by atoms with Gasteiger partial charge in [0.25, 0.3) is 0 Å². The third kappa shape index (κ3) is 2.05. The highest BCUT2D eigenvalue weighted by Gasteiger charge is 2.12. The Morgan fingerprint density at radius 2 is 1.93 bits per heavy atom. The first-order chi connectivity index (χ1) is 6.56. The van der Waals surface area contributed by atoms with E-state index in [2.05, 4.69) is 0 Å². The van der Waals surface area contributed by atoms with Gasteiger partial charge in [-0.05, 0) is 44.0 Å². The third-order valence-corrected chi connectivity index (χ3v) is 2.13. The molecule has 0 heterocycles. The summed E-state index contributed by atoms with van der Waals surface area (Å²) in [7, 11) is 0. The van der Waals surface area contributed by atoms with Gasteiger partial charge in [0.2, 0.25) is 0 Å². The van der Waals surface area contributed by atoms with Gasteiger partial charge in [-0.2, -0.15) is 0 Å². The Morgan fingerprint density at radius 3 is 2.43 bits per heavy atom. The normalized spacial score (nSPS) is 9.93. The van der Waals surface area contributed by atoms with E-state index in [1.54, 1.807) is 12.1 Å². The molecule has 0 aliphatic carbocycles. The van der Waals surface area contributed by atoms with E-state index in [4.69, 9.17) is 9.84 Å². The SMILES string of the molecule is CCOc1cc(C)c(C)cc1C(=O)O. The molecule has 1 rings (SSSR count). The minimum atomic E-state index is -0.948. The number of rotatable bonds is 3. The summed E-state index contributed by atoms with van der Waals surface area (Å²) in [5.41, 5.74) is 2.24. The minimum Gasteiger partial charge on any atom is -0.493 e. The van der Waals surface area contributed by atoms with E-state index in [9.17, 15) is 4.79 Å². The van der Waals surface area contributed by atoms with Crippen molar-refractivity contribution in [2.75, 3.05) is 6.61 Å². The number of carboxylic acid groups (broad SMARTS) is 1. The fourth-order valence-corrected chi connectivity index (χ4v) is 1.23. The highest BCUT2D eigenvalue weighted by Crippen LogP contribution is 2.23. The number of carbonyl (C=O) groups is 1. The summed E-state index contributed by atoms with van der Waals surface area (Å²) in [6.07, 6.45) is 0. The van der Waals surface area contributed by atoms with Gasteiger partial charge in [-0.3, -0.25) is 0 Å². The van der Waals surface area contributed by atoms with Gasteiger partial charge >= 0.3 is 5.97 Å².